The summed E-state index contributed by atoms with van der Waals surface area (Å²) in [6.45, 7) is 5.80. The summed E-state index contributed by atoms with van der Waals surface area (Å²) in [6, 6.07) is 5.27. The Labute approximate surface area is 118 Å². The number of imidazole rings is 1. The van der Waals surface area contributed by atoms with Gasteiger partial charge in [-0.05, 0) is 23.6 Å². The van der Waals surface area contributed by atoms with E-state index in [1.807, 2.05) is 20.8 Å². The molecule has 0 aliphatic rings. The van der Waals surface area contributed by atoms with Gasteiger partial charge in [0, 0.05) is 4.47 Å². The largest absolute Gasteiger partial charge is 0.360 e. The molecule has 102 valence electrons. The van der Waals surface area contributed by atoms with Crippen molar-refractivity contribution in [2.75, 3.05) is 0 Å². The van der Waals surface area contributed by atoms with Gasteiger partial charge >= 0.3 is 11.7 Å². The number of aromatic nitrogens is 2. The van der Waals surface area contributed by atoms with Crippen molar-refractivity contribution in [2.24, 2.45) is 5.41 Å². The quantitative estimate of drug-likeness (QED) is 0.922. The van der Waals surface area contributed by atoms with Crippen LogP contribution in [0.3, 0.4) is 0 Å². The molecule has 1 heterocycles. The number of H-pyrrole nitrogens is 1. The summed E-state index contributed by atoms with van der Waals surface area (Å²) in [6.07, 6.45) is 0.236. The highest BCUT2D eigenvalue weighted by Crippen LogP contribution is 2.19. The lowest BCUT2D eigenvalue weighted by Gasteiger charge is -2.16. The molecule has 0 fully saturated rings. The summed E-state index contributed by atoms with van der Waals surface area (Å²) in [7, 11) is 0. The Morgan fingerprint density at radius 3 is 2.74 bits per heavy atom. The van der Waals surface area contributed by atoms with E-state index in [1.54, 1.807) is 18.2 Å². The molecule has 0 amide bonds. The number of carbonyl (C=O) groups excluding carboxylic acids is 1. The smallest absolute Gasteiger partial charge is 0.332 e. The van der Waals surface area contributed by atoms with Gasteiger partial charge in [-0.15, -0.1) is 4.73 Å². The van der Waals surface area contributed by atoms with E-state index in [-0.39, 0.29) is 11.8 Å². The second-order valence-corrected chi connectivity index (χ2v) is 6.50. The molecule has 0 saturated carbocycles. The zero-order chi connectivity index (χ0) is 14.2. The van der Waals surface area contributed by atoms with Crippen LogP contribution in [0.15, 0.2) is 27.5 Å². The number of nitrogens with one attached hydrogen (secondary N) is 1. The molecule has 6 heteroatoms. The second-order valence-electron chi connectivity index (χ2n) is 5.59. The van der Waals surface area contributed by atoms with Crippen molar-refractivity contribution >= 4 is 32.9 Å². The maximum atomic E-state index is 11.8. The van der Waals surface area contributed by atoms with Crippen molar-refractivity contribution in [3.8, 4) is 0 Å². The molecule has 0 aliphatic carbocycles. The number of hydrogen-bond donors (Lipinski definition) is 1. The Morgan fingerprint density at radius 2 is 2.11 bits per heavy atom. The van der Waals surface area contributed by atoms with Gasteiger partial charge in [-0.2, -0.15) is 0 Å². The predicted molar refractivity (Wildman–Crippen MR) is 75.9 cm³/mol. The van der Waals surface area contributed by atoms with Gasteiger partial charge in [0.1, 0.15) is 5.52 Å². The van der Waals surface area contributed by atoms with E-state index in [9.17, 15) is 9.59 Å². The van der Waals surface area contributed by atoms with Gasteiger partial charge in [-0.3, -0.25) is 0 Å². The topological polar surface area (TPSA) is 64.1 Å². The van der Waals surface area contributed by atoms with Crippen LogP contribution in [0.5, 0.6) is 0 Å². The fourth-order valence-corrected chi connectivity index (χ4v) is 2.06. The number of rotatable bonds is 2. The van der Waals surface area contributed by atoms with E-state index >= 15 is 0 Å². The van der Waals surface area contributed by atoms with Crippen LogP contribution in [-0.2, 0) is 4.79 Å². The molecule has 0 unspecified atom stereocenters. The van der Waals surface area contributed by atoms with Crippen LogP contribution in [0, 0.1) is 5.41 Å². The Balaban J connectivity index is 2.35. The lowest BCUT2D eigenvalue weighted by molar-refractivity contribution is -0.146. The lowest BCUT2D eigenvalue weighted by atomic mass is 9.93. The minimum atomic E-state index is -0.463. The van der Waals surface area contributed by atoms with E-state index in [0.717, 1.165) is 9.20 Å². The molecule has 0 aliphatic heterocycles. The SMILES string of the molecule is CC(C)(C)CC(=O)On1c(=O)[nH]c2ccc(Br)cc21. The number of fused-ring (bicyclic) bond motifs is 1. The van der Waals surface area contributed by atoms with Crippen LogP contribution in [-0.4, -0.2) is 15.7 Å². The molecule has 1 aromatic carbocycles. The third kappa shape index (κ3) is 3.26. The van der Waals surface area contributed by atoms with E-state index < -0.39 is 11.7 Å². The van der Waals surface area contributed by atoms with Crippen LogP contribution in [0.1, 0.15) is 27.2 Å². The summed E-state index contributed by atoms with van der Waals surface area (Å²) in [5.74, 6) is -0.435. The maximum Gasteiger partial charge on any atom is 0.360 e. The number of hydrogen-bond acceptors (Lipinski definition) is 3. The minimum Gasteiger partial charge on any atom is -0.332 e. The van der Waals surface area contributed by atoms with Crippen LogP contribution < -0.4 is 10.5 Å². The molecule has 1 aromatic heterocycles. The molecular formula is C13H15BrN2O3. The van der Waals surface area contributed by atoms with Crippen LogP contribution in [0.4, 0.5) is 0 Å². The molecule has 19 heavy (non-hydrogen) atoms. The zero-order valence-electron chi connectivity index (χ0n) is 11.0. The molecule has 5 nitrogen and oxygen atoms in total. The first-order valence-electron chi connectivity index (χ1n) is 5.88. The highest BCUT2D eigenvalue weighted by atomic mass is 79.9. The maximum absolute atomic E-state index is 11.8. The Morgan fingerprint density at radius 1 is 1.42 bits per heavy atom. The molecule has 1 N–H and O–H groups in total. The number of nitrogens with zero attached hydrogens (tertiary/aromatic N) is 1. The summed E-state index contributed by atoms with van der Waals surface area (Å²) < 4.78 is 1.80. The van der Waals surface area contributed by atoms with E-state index in [1.165, 1.54) is 0 Å². The number of halogens is 1. The Kier molecular flexibility index (Phi) is 3.54. The van der Waals surface area contributed by atoms with E-state index in [2.05, 4.69) is 20.9 Å². The predicted octanol–water partition coefficient (Wildman–Crippen LogP) is 2.48. The number of aromatic amines is 1. The molecule has 0 saturated heterocycles. The first-order chi connectivity index (χ1) is 8.76. The second kappa shape index (κ2) is 4.85. The van der Waals surface area contributed by atoms with Crippen LogP contribution in [0.25, 0.3) is 11.0 Å². The molecule has 2 rings (SSSR count). The molecule has 0 atom stereocenters. The fourth-order valence-electron chi connectivity index (χ4n) is 1.71. The highest BCUT2D eigenvalue weighted by molar-refractivity contribution is 9.10. The Hall–Kier alpha value is -1.56. The number of benzene rings is 1. The summed E-state index contributed by atoms with van der Waals surface area (Å²) >= 11 is 3.32. The van der Waals surface area contributed by atoms with Crippen LogP contribution >= 0.6 is 15.9 Å². The Bertz CT molecular complexity index is 679. The first-order valence-corrected chi connectivity index (χ1v) is 6.67. The van der Waals surface area contributed by atoms with Crippen molar-refractivity contribution in [3.05, 3.63) is 33.2 Å². The number of carbonyl (C=O) groups is 1. The first kappa shape index (κ1) is 13.9. The molecular weight excluding hydrogens is 312 g/mol. The zero-order valence-corrected chi connectivity index (χ0v) is 12.6. The van der Waals surface area contributed by atoms with Crippen molar-refractivity contribution in [1.29, 1.82) is 0 Å². The van der Waals surface area contributed by atoms with Crippen molar-refractivity contribution in [1.82, 2.24) is 9.71 Å². The highest BCUT2D eigenvalue weighted by Gasteiger charge is 2.19. The monoisotopic (exact) mass is 326 g/mol. The van der Waals surface area contributed by atoms with Gasteiger partial charge in [-0.1, -0.05) is 36.7 Å². The standard InChI is InChI=1S/C13H15BrN2O3/c1-13(2,3)7-11(17)19-16-10-6-8(14)4-5-9(10)15-12(16)18/h4-6H,7H2,1-3H3,(H,15,18). The van der Waals surface area contributed by atoms with Gasteiger partial charge in [0.2, 0.25) is 0 Å². The van der Waals surface area contributed by atoms with Crippen LogP contribution in [0.2, 0.25) is 0 Å². The van der Waals surface area contributed by atoms with Gasteiger partial charge < -0.3 is 9.82 Å². The molecule has 0 spiro atoms. The molecule has 2 aromatic rings. The average Bonchev–Trinajstić information content (AvgIpc) is 2.53. The van der Waals surface area contributed by atoms with Crippen molar-refractivity contribution < 1.29 is 9.63 Å². The van der Waals surface area contributed by atoms with Gasteiger partial charge in [0.25, 0.3) is 0 Å². The van der Waals surface area contributed by atoms with Crippen molar-refractivity contribution in [2.45, 2.75) is 27.2 Å². The fraction of sp³-hybridized carbons (Fsp3) is 0.385. The van der Waals surface area contributed by atoms with Gasteiger partial charge in [0.05, 0.1) is 11.9 Å². The third-order valence-corrected chi connectivity index (χ3v) is 2.97. The van der Waals surface area contributed by atoms with E-state index in [0.29, 0.717) is 11.0 Å². The third-order valence-electron chi connectivity index (χ3n) is 2.47. The summed E-state index contributed by atoms with van der Waals surface area (Å²) in [5.41, 5.74) is 0.502. The molecule has 0 radical (unpaired) electrons. The molecule has 0 bridgehead atoms. The van der Waals surface area contributed by atoms with Gasteiger partial charge in [0.15, 0.2) is 0 Å². The average molecular weight is 327 g/mol. The van der Waals surface area contributed by atoms with Gasteiger partial charge in [-0.25, -0.2) is 9.59 Å². The van der Waals surface area contributed by atoms with E-state index in [4.69, 9.17) is 4.84 Å². The normalized spacial score (nSPS) is 11.8. The minimum absolute atomic E-state index is 0.187. The van der Waals surface area contributed by atoms with Crippen molar-refractivity contribution in [3.63, 3.8) is 0 Å². The summed E-state index contributed by atoms with van der Waals surface area (Å²) in [4.78, 5) is 31.3. The summed E-state index contributed by atoms with van der Waals surface area (Å²) in [5, 5.41) is 0. The lowest BCUT2D eigenvalue weighted by Crippen LogP contribution is -2.31.